The number of rotatable bonds is 3. The second-order valence-electron chi connectivity index (χ2n) is 2.61. The van der Waals surface area contributed by atoms with Crippen molar-refractivity contribution >= 4 is 0 Å². The van der Waals surface area contributed by atoms with Gasteiger partial charge in [0.2, 0.25) is 0 Å². The Morgan fingerprint density at radius 1 is 1.64 bits per heavy atom. The zero-order valence-corrected chi connectivity index (χ0v) is 7.07. The van der Waals surface area contributed by atoms with Crippen molar-refractivity contribution in [3.8, 4) is 0 Å². The summed E-state index contributed by atoms with van der Waals surface area (Å²) in [6, 6.07) is 0. The standard InChI is InChI=1S/C6H13N5/c1-10(2)7-4-6-5-11(3)9-8-6/h5,7H,4H2,1-3H3. The lowest BCUT2D eigenvalue weighted by molar-refractivity contribution is 0.284. The van der Waals surface area contributed by atoms with Crippen molar-refractivity contribution in [2.75, 3.05) is 14.1 Å². The van der Waals surface area contributed by atoms with Crippen LogP contribution < -0.4 is 5.43 Å². The van der Waals surface area contributed by atoms with Crippen LogP contribution in [0.3, 0.4) is 0 Å². The molecule has 1 rings (SSSR count). The average molecular weight is 155 g/mol. The third-order valence-electron chi connectivity index (χ3n) is 1.23. The molecule has 0 amide bonds. The van der Waals surface area contributed by atoms with Gasteiger partial charge in [-0.3, -0.25) is 9.69 Å². The molecule has 0 aliphatic carbocycles. The van der Waals surface area contributed by atoms with Crippen molar-refractivity contribution in [1.82, 2.24) is 25.4 Å². The summed E-state index contributed by atoms with van der Waals surface area (Å²) in [5, 5.41) is 9.60. The number of aryl methyl sites for hydroxylation is 1. The van der Waals surface area contributed by atoms with Gasteiger partial charge in [-0.1, -0.05) is 5.21 Å². The molecule has 0 unspecified atom stereocenters. The molecule has 0 spiro atoms. The summed E-state index contributed by atoms with van der Waals surface area (Å²) >= 11 is 0. The highest BCUT2D eigenvalue weighted by atomic mass is 15.5. The maximum absolute atomic E-state index is 3.91. The average Bonchev–Trinajstić information content (AvgIpc) is 2.31. The number of nitrogens with zero attached hydrogens (tertiary/aromatic N) is 4. The zero-order chi connectivity index (χ0) is 8.27. The smallest absolute Gasteiger partial charge is 0.0978 e. The fourth-order valence-electron chi connectivity index (χ4n) is 0.715. The van der Waals surface area contributed by atoms with Crippen molar-refractivity contribution in [2.45, 2.75) is 6.54 Å². The van der Waals surface area contributed by atoms with Crippen molar-refractivity contribution in [3.05, 3.63) is 11.9 Å². The highest BCUT2D eigenvalue weighted by molar-refractivity contribution is 4.90. The Kier molecular flexibility index (Phi) is 2.56. The lowest BCUT2D eigenvalue weighted by atomic mass is 10.5. The fourth-order valence-corrected chi connectivity index (χ4v) is 0.715. The van der Waals surface area contributed by atoms with Crippen LogP contribution in [0.15, 0.2) is 6.20 Å². The van der Waals surface area contributed by atoms with E-state index in [0.29, 0.717) is 0 Å². The molecule has 0 aliphatic rings. The van der Waals surface area contributed by atoms with E-state index in [0.717, 1.165) is 12.2 Å². The molecule has 5 nitrogen and oxygen atoms in total. The molecule has 0 bridgehead atoms. The molecule has 62 valence electrons. The second kappa shape index (κ2) is 3.45. The van der Waals surface area contributed by atoms with Crippen LogP contribution >= 0.6 is 0 Å². The summed E-state index contributed by atoms with van der Waals surface area (Å²) in [6.45, 7) is 0.723. The van der Waals surface area contributed by atoms with E-state index in [9.17, 15) is 0 Å². The Balaban J connectivity index is 2.39. The first-order valence-corrected chi connectivity index (χ1v) is 3.44. The van der Waals surface area contributed by atoms with Gasteiger partial charge in [0.05, 0.1) is 12.2 Å². The van der Waals surface area contributed by atoms with Crippen LogP contribution in [-0.4, -0.2) is 34.1 Å². The van der Waals surface area contributed by atoms with Gasteiger partial charge in [-0.2, -0.15) is 0 Å². The van der Waals surface area contributed by atoms with E-state index >= 15 is 0 Å². The van der Waals surface area contributed by atoms with Gasteiger partial charge in [0, 0.05) is 27.3 Å². The number of hydrazine groups is 1. The molecule has 5 heteroatoms. The minimum absolute atomic E-state index is 0.723. The predicted octanol–water partition coefficient (Wildman–Crippen LogP) is -0.619. The van der Waals surface area contributed by atoms with Crippen LogP contribution in [0, 0.1) is 0 Å². The number of hydrogen-bond acceptors (Lipinski definition) is 4. The van der Waals surface area contributed by atoms with Crippen LogP contribution in [0.1, 0.15) is 5.69 Å². The molecule has 0 aliphatic heterocycles. The largest absolute Gasteiger partial charge is 0.255 e. The molecule has 0 saturated carbocycles. The lowest BCUT2D eigenvalue weighted by Gasteiger charge is -2.08. The Morgan fingerprint density at radius 3 is 2.82 bits per heavy atom. The molecule has 11 heavy (non-hydrogen) atoms. The van der Waals surface area contributed by atoms with Crippen LogP contribution in [-0.2, 0) is 13.6 Å². The lowest BCUT2D eigenvalue weighted by Crippen LogP contribution is -2.29. The minimum atomic E-state index is 0.723. The Morgan fingerprint density at radius 2 is 2.36 bits per heavy atom. The molecule has 0 saturated heterocycles. The topological polar surface area (TPSA) is 46.0 Å². The zero-order valence-electron chi connectivity index (χ0n) is 7.07. The van der Waals surface area contributed by atoms with Gasteiger partial charge in [-0.15, -0.1) is 5.10 Å². The number of aromatic nitrogens is 3. The number of hydrogen-bond donors (Lipinski definition) is 1. The molecular weight excluding hydrogens is 142 g/mol. The van der Waals surface area contributed by atoms with E-state index in [1.54, 1.807) is 4.68 Å². The predicted molar refractivity (Wildman–Crippen MR) is 41.5 cm³/mol. The second-order valence-corrected chi connectivity index (χ2v) is 2.61. The third-order valence-corrected chi connectivity index (χ3v) is 1.23. The van der Waals surface area contributed by atoms with E-state index < -0.39 is 0 Å². The van der Waals surface area contributed by atoms with Crippen LogP contribution in [0.5, 0.6) is 0 Å². The maximum Gasteiger partial charge on any atom is 0.0978 e. The summed E-state index contributed by atoms with van der Waals surface area (Å²) in [7, 11) is 5.74. The molecule has 0 aromatic carbocycles. The molecule has 1 N–H and O–H groups in total. The third kappa shape index (κ3) is 2.65. The van der Waals surface area contributed by atoms with Gasteiger partial charge >= 0.3 is 0 Å². The Labute approximate surface area is 66.0 Å². The maximum atomic E-state index is 3.91. The highest BCUT2D eigenvalue weighted by Gasteiger charge is 1.96. The van der Waals surface area contributed by atoms with Crippen LogP contribution in [0.4, 0.5) is 0 Å². The fraction of sp³-hybridized carbons (Fsp3) is 0.667. The Hall–Kier alpha value is -0.940. The Bertz CT molecular complexity index is 217. The van der Waals surface area contributed by atoms with E-state index in [2.05, 4.69) is 15.7 Å². The van der Waals surface area contributed by atoms with Crippen molar-refractivity contribution in [1.29, 1.82) is 0 Å². The van der Waals surface area contributed by atoms with E-state index in [4.69, 9.17) is 0 Å². The van der Waals surface area contributed by atoms with Gasteiger partial charge in [0.15, 0.2) is 0 Å². The molecule has 1 aromatic heterocycles. The summed E-state index contributed by atoms with van der Waals surface area (Å²) in [6.07, 6.45) is 1.89. The first-order chi connectivity index (χ1) is 5.18. The normalized spacial score (nSPS) is 10.9. The van der Waals surface area contributed by atoms with E-state index in [1.807, 2.05) is 32.3 Å². The van der Waals surface area contributed by atoms with Gasteiger partial charge in [-0.05, 0) is 0 Å². The highest BCUT2D eigenvalue weighted by Crippen LogP contribution is 1.88. The van der Waals surface area contributed by atoms with Gasteiger partial charge < -0.3 is 0 Å². The van der Waals surface area contributed by atoms with Crippen LogP contribution in [0.25, 0.3) is 0 Å². The first kappa shape index (κ1) is 8.16. The van der Waals surface area contributed by atoms with Crippen molar-refractivity contribution < 1.29 is 0 Å². The summed E-state index contributed by atoms with van der Waals surface area (Å²) in [4.78, 5) is 0. The van der Waals surface area contributed by atoms with Gasteiger partial charge in [0.25, 0.3) is 0 Å². The molecular formula is C6H13N5. The summed E-state index contributed by atoms with van der Waals surface area (Å²) in [5.41, 5.74) is 4.04. The molecule has 1 aromatic rings. The van der Waals surface area contributed by atoms with Crippen LogP contribution in [0.2, 0.25) is 0 Å². The quantitative estimate of drug-likeness (QED) is 0.591. The van der Waals surface area contributed by atoms with Crippen molar-refractivity contribution in [2.24, 2.45) is 7.05 Å². The molecule has 0 fully saturated rings. The van der Waals surface area contributed by atoms with Gasteiger partial charge in [0.1, 0.15) is 0 Å². The number of nitrogens with one attached hydrogen (secondary N) is 1. The monoisotopic (exact) mass is 155 g/mol. The van der Waals surface area contributed by atoms with E-state index in [-0.39, 0.29) is 0 Å². The molecule has 0 radical (unpaired) electrons. The molecule has 1 heterocycles. The SMILES string of the molecule is CN(C)NCc1cn(C)nn1. The first-order valence-electron chi connectivity index (χ1n) is 3.44. The summed E-state index contributed by atoms with van der Waals surface area (Å²) < 4.78 is 1.69. The minimum Gasteiger partial charge on any atom is -0.255 e. The summed E-state index contributed by atoms with van der Waals surface area (Å²) in [5.74, 6) is 0. The molecule has 0 atom stereocenters. The van der Waals surface area contributed by atoms with Gasteiger partial charge in [-0.25, -0.2) is 5.43 Å². The van der Waals surface area contributed by atoms with E-state index in [1.165, 1.54) is 0 Å². The van der Waals surface area contributed by atoms with Crippen molar-refractivity contribution in [3.63, 3.8) is 0 Å².